The van der Waals surface area contributed by atoms with Crippen LogP contribution in [0.3, 0.4) is 0 Å². The van der Waals surface area contributed by atoms with Crippen molar-refractivity contribution in [1.29, 1.82) is 0 Å². The number of nitrogens with one attached hydrogen (secondary N) is 1. The fourth-order valence-electron chi connectivity index (χ4n) is 0.575. The van der Waals surface area contributed by atoms with Gasteiger partial charge in [0.05, 0.1) is 13.2 Å². The van der Waals surface area contributed by atoms with Crippen LogP contribution in [0.4, 0.5) is 0 Å². The Bertz CT molecular complexity index is 185. The van der Waals surface area contributed by atoms with Gasteiger partial charge in [0.25, 0.3) is 0 Å². The second kappa shape index (κ2) is 2.17. The predicted octanol–water partition coefficient (Wildman–Crippen LogP) is -0.821. The van der Waals surface area contributed by atoms with Gasteiger partial charge in [0, 0.05) is 0 Å². The van der Waals surface area contributed by atoms with E-state index in [1.165, 1.54) is 0 Å². The second-order valence-corrected chi connectivity index (χ2v) is 2.86. The number of ether oxygens (including phenoxy) is 2. The van der Waals surface area contributed by atoms with Crippen molar-refractivity contribution >= 4 is 5.97 Å². The zero-order valence-corrected chi connectivity index (χ0v) is 6.12. The first-order valence-electron chi connectivity index (χ1n) is 3.43. The van der Waals surface area contributed by atoms with Crippen molar-refractivity contribution < 1.29 is 19.1 Å². The van der Waals surface area contributed by atoms with Crippen LogP contribution in [-0.2, 0) is 19.1 Å². The number of epoxide rings is 2. The van der Waals surface area contributed by atoms with Gasteiger partial charge in [-0.3, -0.25) is 0 Å². The Morgan fingerprint density at radius 1 is 1.82 bits per heavy atom. The summed E-state index contributed by atoms with van der Waals surface area (Å²) in [7, 11) is 0. The topological polar surface area (TPSA) is 63.4 Å². The standard InChI is InChI=1S/C6H9NO4/c1-6(3-10-6)7-11-5(8)4-2-9-4/h4,7H,2-3H2,1H3. The normalized spacial score (nSPS) is 39.9. The Labute approximate surface area is 63.6 Å². The molecule has 5 nitrogen and oxygen atoms in total. The Morgan fingerprint density at radius 3 is 2.91 bits per heavy atom. The van der Waals surface area contributed by atoms with E-state index >= 15 is 0 Å². The summed E-state index contributed by atoms with van der Waals surface area (Å²) >= 11 is 0. The van der Waals surface area contributed by atoms with Crippen molar-refractivity contribution in [2.24, 2.45) is 0 Å². The second-order valence-electron chi connectivity index (χ2n) is 2.86. The van der Waals surface area contributed by atoms with Crippen LogP contribution in [0.25, 0.3) is 0 Å². The molecule has 1 N–H and O–H groups in total. The van der Waals surface area contributed by atoms with Gasteiger partial charge in [0.15, 0.2) is 11.8 Å². The van der Waals surface area contributed by atoms with Crippen molar-refractivity contribution in [3.8, 4) is 0 Å². The number of rotatable bonds is 3. The first-order valence-corrected chi connectivity index (χ1v) is 3.43. The Hall–Kier alpha value is -0.650. The molecular weight excluding hydrogens is 150 g/mol. The molecule has 0 amide bonds. The zero-order chi connectivity index (χ0) is 7.90. The van der Waals surface area contributed by atoms with E-state index in [4.69, 9.17) is 9.47 Å². The molecule has 2 aliphatic heterocycles. The number of carbonyl (C=O) groups is 1. The van der Waals surface area contributed by atoms with Gasteiger partial charge in [-0.1, -0.05) is 0 Å². The highest BCUT2D eigenvalue weighted by molar-refractivity contribution is 5.76. The summed E-state index contributed by atoms with van der Waals surface area (Å²) in [5.74, 6) is -0.373. The number of hydrogen-bond donors (Lipinski definition) is 1. The van der Waals surface area contributed by atoms with Gasteiger partial charge in [-0.2, -0.15) is 0 Å². The van der Waals surface area contributed by atoms with Gasteiger partial charge in [-0.05, 0) is 6.92 Å². The van der Waals surface area contributed by atoms with Gasteiger partial charge in [0.1, 0.15) is 0 Å². The van der Waals surface area contributed by atoms with Crippen LogP contribution in [-0.4, -0.2) is 31.0 Å². The summed E-state index contributed by atoms with van der Waals surface area (Å²) in [5.41, 5.74) is 2.05. The van der Waals surface area contributed by atoms with E-state index < -0.39 is 5.72 Å². The van der Waals surface area contributed by atoms with Gasteiger partial charge >= 0.3 is 5.97 Å². The molecule has 5 heteroatoms. The van der Waals surface area contributed by atoms with Gasteiger partial charge in [-0.25, -0.2) is 4.79 Å². The number of carbonyl (C=O) groups excluding carboxylic acids is 1. The minimum Gasteiger partial charge on any atom is -0.365 e. The van der Waals surface area contributed by atoms with Crippen LogP contribution in [0.5, 0.6) is 0 Å². The van der Waals surface area contributed by atoms with E-state index in [9.17, 15) is 4.79 Å². The van der Waals surface area contributed by atoms with E-state index in [-0.39, 0.29) is 12.1 Å². The van der Waals surface area contributed by atoms with Crippen molar-refractivity contribution in [2.45, 2.75) is 18.8 Å². The van der Waals surface area contributed by atoms with E-state index in [0.29, 0.717) is 13.2 Å². The van der Waals surface area contributed by atoms with E-state index in [0.717, 1.165) is 0 Å². The fraction of sp³-hybridized carbons (Fsp3) is 0.833. The highest BCUT2D eigenvalue weighted by atomic mass is 16.8. The lowest BCUT2D eigenvalue weighted by molar-refractivity contribution is -0.157. The molecule has 0 saturated carbocycles. The lowest BCUT2D eigenvalue weighted by Gasteiger charge is -2.06. The molecule has 0 spiro atoms. The molecule has 2 atom stereocenters. The maximum Gasteiger partial charge on any atom is 0.356 e. The van der Waals surface area contributed by atoms with E-state index in [2.05, 4.69) is 10.3 Å². The zero-order valence-electron chi connectivity index (χ0n) is 6.12. The summed E-state index contributed by atoms with van der Waals surface area (Å²) in [6.07, 6.45) is -0.357. The summed E-state index contributed by atoms with van der Waals surface area (Å²) in [6.45, 7) is 2.85. The molecule has 62 valence electrons. The molecule has 0 aromatic heterocycles. The van der Waals surface area contributed by atoms with E-state index in [1.54, 1.807) is 6.92 Å². The van der Waals surface area contributed by atoms with Crippen molar-refractivity contribution in [2.75, 3.05) is 13.2 Å². The average Bonchev–Trinajstić information content (AvgIpc) is 2.76. The van der Waals surface area contributed by atoms with Crippen LogP contribution in [0.2, 0.25) is 0 Å². The predicted molar refractivity (Wildman–Crippen MR) is 33.3 cm³/mol. The summed E-state index contributed by atoms with van der Waals surface area (Å²) in [5, 5.41) is 0. The smallest absolute Gasteiger partial charge is 0.356 e. The van der Waals surface area contributed by atoms with Crippen LogP contribution < -0.4 is 5.48 Å². The largest absolute Gasteiger partial charge is 0.365 e. The maximum atomic E-state index is 10.8. The Balaban J connectivity index is 1.69. The Kier molecular flexibility index (Phi) is 1.38. The Morgan fingerprint density at radius 2 is 2.45 bits per heavy atom. The van der Waals surface area contributed by atoms with Gasteiger partial charge < -0.3 is 14.3 Å². The maximum absolute atomic E-state index is 10.8. The molecule has 2 rings (SSSR count). The molecule has 2 unspecified atom stereocenters. The minimum atomic E-state index is -0.454. The molecule has 0 radical (unpaired) electrons. The molecular formula is C6H9NO4. The third kappa shape index (κ3) is 1.68. The first kappa shape index (κ1) is 7.02. The summed E-state index contributed by atoms with van der Waals surface area (Å²) in [4.78, 5) is 15.5. The minimum absolute atomic E-state index is 0.357. The highest BCUT2D eigenvalue weighted by Gasteiger charge is 2.42. The monoisotopic (exact) mass is 159 g/mol. The molecule has 2 saturated heterocycles. The molecule has 2 fully saturated rings. The highest BCUT2D eigenvalue weighted by Crippen LogP contribution is 2.22. The summed E-state index contributed by atoms with van der Waals surface area (Å²) < 4.78 is 9.62. The van der Waals surface area contributed by atoms with Crippen LogP contribution in [0.1, 0.15) is 6.92 Å². The van der Waals surface area contributed by atoms with Crippen LogP contribution in [0.15, 0.2) is 0 Å². The summed E-state index contributed by atoms with van der Waals surface area (Å²) in [6, 6.07) is 0. The first-order chi connectivity index (χ1) is 5.20. The van der Waals surface area contributed by atoms with Gasteiger partial charge in [-0.15, -0.1) is 5.48 Å². The molecule has 2 aliphatic rings. The molecule has 2 heterocycles. The third-order valence-corrected chi connectivity index (χ3v) is 1.54. The lowest BCUT2D eigenvalue weighted by Crippen LogP contribution is -2.33. The quantitative estimate of drug-likeness (QED) is 0.430. The van der Waals surface area contributed by atoms with Crippen LogP contribution in [0, 0.1) is 0 Å². The molecule has 11 heavy (non-hydrogen) atoms. The third-order valence-electron chi connectivity index (χ3n) is 1.54. The van der Waals surface area contributed by atoms with E-state index in [1.807, 2.05) is 0 Å². The van der Waals surface area contributed by atoms with Crippen molar-refractivity contribution in [3.05, 3.63) is 0 Å². The molecule has 0 aromatic carbocycles. The fourth-order valence-corrected chi connectivity index (χ4v) is 0.575. The van der Waals surface area contributed by atoms with Crippen molar-refractivity contribution in [3.63, 3.8) is 0 Å². The van der Waals surface area contributed by atoms with Gasteiger partial charge in [0.2, 0.25) is 0 Å². The molecule has 0 aromatic rings. The molecule has 0 aliphatic carbocycles. The molecule has 0 bridgehead atoms. The average molecular weight is 159 g/mol. The number of hydrogen-bond acceptors (Lipinski definition) is 5. The number of hydroxylamine groups is 1. The van der Waals surface area contributed by atoms with Crippen LogP contribution >= 0.6 is 0 Å². The lowest BCUT2D eigenvalue weighted by atomic mass is 10.4. The van der Waals surface area contributed by atoms with Crippen molar-refractivity contribution in [1.82, 2.24) is 5.48 Å². The SMILES string of the molecule is CC1(NOC(=O)C2CO2)CO1.